The van der Waals surface area contributed by atoms with Gasteiger partial charge in [-0.2, -0.15) is 5.21 Å². The van der Waals surface area contributed by atoms with Crippen molar-refractivity contribution in [3.05, 3.63) is 78.6 Å². The number of rotatable bonds is 11. The first kappa shape index (κ1) is 30.1. The molecule has 1 saturated carbocycles. The van der Waals surface area contributed by atoms with E-state index >= 15 is 0 Å². The Morgan fingerprint density at radius 3 is 2.36 bits per heavy atom. The molecule has 0 aliphatic heterocycles. The zero-order valence-electron chi connectivity index (χ0n) is 25.0. The predicted octanol–water partition coefficient (Wildman–Crippen LogP) is 3.27. The van der Waals surface area contributed by atoms with Crippen LogP contribution in [0.5, 0.6) is 0 Å². The van der Waals surface area contributed by atoms with Gasteiger partial charge in [-0.05, 0) is 96.4 Å². The van der Waals surface area contributed by atoms with Gasteiger partial charge < -0.3 is 26.7 Å². The van der Waals surface area contributed by atoms with Gasteiger partial charge in [0.05, 0.1) is 17.4 Å². The van der Waals surface area contributed by atoms with Crippen molar-refractivity contribution < 1.29 is 9.59 Å². The topological polar surface area (TPSA) is 183 Å². The minimum Gasteiger partial charge on any atom is -0.344 e. The fourth-order valence-electron chi connectivity index (χ4n) is 6.00. The lowest BCUT2D eigenvalue weighted by atomic mass is 9.81. The molecular formula is C33H38N10O2. The van der Waals surface area contributed by atoms with E-state index in [0.29, 0.717) is 36.9 Å². The molecule has 2 aromatic heterocycles. The Balaban J connectivity index is 1.17. The summed E-state index contributed by atoms with van der Waals surface area (Å²) < 4.78 is 2.05. The highest BCUT2D eigenvalue weighted by molar-refractivity contribution is 5.97. The summed E-state index contributed by atoms with van der Waals surface area (Å²) in [5, 5.41) is 20.0. The number of benzene rings is 3. The summed E-state index contributed by atoms with van der Waals surface area (Å²) in [6, 6.07) is 20.7. The van der Waals surface area contributed by atoms with Crippen LogP contribution in [0, 0.1) is 11.8 Å². The maximum Gasteiger partial charge on any atom is 0.247 e. The highest BCUT2D eigenvalue weighted by Gasteiger charge is 2.29. The number of fused-ring (bicyclic) bond motifs is 1. The second kappa shape index (κ2) is 13.8. The Labute approximate surface area is 261 Å². The third-order valence-electron chi connectivity index (χ3n) is 8.66. The average molecular weight is 607 g/mol. The van der Waals surface area contributed by atoms with Crippen LogP contribution in [0.3, 0.4) is 0 Å². The summed E-state index contributed by atoms with van der Waals surface area (Å²) in [7, 11) is 0. The quantitative estimate of drug-likeness (QED) is 0.152. The van der Waals surface area contributed by atoms with Gasteiger partial charge in [0, 0.05) is 36.7 Å². The number of imidazole rings is 1. The minimum absolute atomic E-state index is 0.0860. The SMILES string of the molecule is NCCn1cnc2cc(-c3ccc(C[C@H](NC(=O)C4CCC(CN)CC4)C(=O)Nc4ccc(-c5nn[nH]n5)cc4)cc3)ccc21. The van der Waals surface area contributed by atoms with E-state index in [-0.39, 0.29) is 17.7 Å². The molecule has 1 aliphatic carbocycles. The van der Waals surface area contributed by atoms with Crippen LogP contribution in [0.4, 0.5) is 5.69 Å². The molecule has 12 heteroatoms. The first-order chi connectivity index (χ1) is 22.0. The van der Waals surface area contributed by atoms with Crippen LogP contribution < -0.4 is 22.1 Å². The molecule has 0 unspecified atom stereocenters. The fraction of sp³-hybridized carbons (Fsp3) is 0.333. The number of nitrogens with zero attached hydrogens (tertiary/aromatic N) is 5. The molecule has 0 radical (unpaired) electrons. The molecule has 1 fully saturated rings. The van der Waals surface area contributed by atoms with E-state index in [0.717, 1.165) is 65.5 Å². The second-order valence-electron chi connectivity index (χ2n) is 11.6. The molecule has 0 bridgehead atoms. The van der Waals surface area contributed by atoms with Crippen LogP contribution in [0.15, 0.2) is 73.1 Å². The number of carbonyl (C=O) groups excluding carboxylic acids is 2. The maximum atomic E-state index is 13.6. The van der Waals surface area contributed by atoms with E-state index in [9.17, 15) is 9.59 Å². The van der Waals surface area contributed by atoms with E-state index < -0.39 is 6.04 Å². The predicted molar refractivity (Wildman–Crippen MR) is 173 cm³/mol. The van der Waals surface area contributed by atoms with Gasteiger partial charge in [0.25, 0.3) is 0 Å². The van der Waals surface area contributed by atoms with Gasteiger partial charge in [-0.25, -0.2) is 4.98 Å². The number of hydrogen-bond acceptors (Lipinski definition) is 8. The lowest BCUT2D eigenvalue weighted by Gasteiger charge is -2.28. The Morgan fingerprint density at radius 2 is 1.67 bits per heavy atom. The number of nitrogens with one attached hydrogen (secondary N) is 3. The third kappa shape index (κ3) is 7.08. The van der Waals surface area contributed by atoms with E-state index in [1.807, 2.05) is 47.3 Å². The molecule has 3 aromatic carbocycles. The smallest absolute Gasteiger partial charge is 0.247 e. The van der Waals surface area contributed by atoms with Gasteiger partial charge in [0.1, 0.15) is 6.04 Å². The van der Waals surface area contributed by atoms with Gasteiger partial charge >= 0.3 is 0 Å². The number of aromatic nitrogens is 6. The molecule has 6 rings (SSSR count). The molecule has 1 aliphatic rings. The van der Waals surface area contributed by atoms with Crippen LogP contribution in [0.2, 0.25) is 0 Å². The van der Waals surface area contributed by atoms with Crippen molar-refractivity contribution in [2.45, 2.75) is 44.7 Å². The van der Waals surface area contributed by atoms with Crippen molar-refractivity contribution in [1.82, 2.24) is 35.5 Å². The zero-order valence-corrected chi connectivity index (χ0v) is 25.0. The molecule has 5 aromatic rings. The van der Waals surface area contributed by atoms with Crippen LogP contribution in [-0.2, 0) is 22.6 Å². The molecule has 2 heterocycles. The number of hydrogen-bond donors (Lipinski definition) is 5. The van der Waals surface area contributed by atoms with Crippen LogP contribution >= 0.6 is 0 Å². The van der Waals surface area contributed by atoms with Gasteiger partial charge in [0.15, 0.2) is 0 Å². The summed E-state index contributed by atoms with van der Waals surface area (Å²) in [6.07, 6.45) is 5.58. The molecule has 7 N–H and O–H groups in total. The summed E-state index contributed by atoms with van der Waals surface area (Å²) in [5.41, 5.74) is 17.9. The lowest BCUT2D eigenvalue weighted by Crippen LogP contribution is -2.48. The van der Waals surface area contributed by atoms with Crippen molar-refractivity contribution >= 4 is 28.5 Å². The molecule has 232 valence electrons. The number of aromatic amines is 1. The van der Waals surface area contributed by atoms with Crippen molar-refractivity contribution in [1.29, 1.82) is 0 Å². The first-order valence-electron chi connectivity index (χ1n) is 15.4. The summed E-state index contributed by atoms with van der Waals surface area (Å²) in [6.45, 7) is 1.92. The summed E-state index contributed by atoms with van der Waals surface area (Å²) in [5.74, 6) is 0.436. The fourth-order valence-corrected chi connectivity index (χ4v) is 6.00. The average Bonchev–Trinajstić information content (AvgIpc) is 3.76. The molecule has 0 saturated heterocycles. The van der Waals surface area contributed by atoms with E-state index in [2.05, 4.69) is 54.4 Å². The van der Waals surface area contributed by atoms with Crippen LogP contribution in [0.1, 0.15) is 31.2 Å². The maximum absolute atomic E-state index is 13.6. The Morgan fingerprint density at radius 1 is 0.933 bits per heavy atom. The Kier molecular flexibility index (Phi) is 9.22. The number of H-pyrrole nitrogens is 1. The second-order valence-corrected chi connectivity index (χ2v) is 11.6. The van der Waals surface area contributed by atoms with Gasteiger partial charge in [-0.1, -0.05) is 30.3 Å². The molecule has 12 nitrogen and oxygen atoms in total. The number of anilines is 1. The summed E-state index contributed by atoms with van der Waals surface area (Å²) >= 11 is 0. The highest BCUT2D eigenvalue weighted by Crippen LogP contribution is 2.29. The number of nitrogens with two attached hydrogens (primary N) is 2. The van der Waals surface area contributed by atoms with Crippen molar-refractivity contribution in [2.75, 3.05) is 18.4 Å². The van der Waals surface area contributed by atoms with Crippen LogP contribution in [-0.4, -0.2) is 61.1 Å². The van der Waals surface area contributed by atoms with Gasteiger partial charge in [-0.15, -0.1) is 10.2 Å². The highest BCUT2D eigenvalue weighted by atomic mass is 16.2. The minimum atomic E-state index is -0.754. The van der Waals surface area contributed by atoms with E-state index in [4.69, 9.17) is 11.5 Å². The lowest BCUT2D eigenvalue weighted by molar-refractivity contribution is -0.130. The molecule has 2 amide bonds. The Hall–Kier alpha value is -4.94. The number of tetrazole rings is 1. The normalized spacial score (nSPS) is 17.2. The van der Waals surface area contributed by atoms with E-state index in [1.54, 1.807) is 12.1 Å². The number of amides is 2. The molecule has 45 heavy (non-hydrogen) atoms. The van der Waals surface area contributed by atoms with Crippen LogP contribution in [0.25, 0.3) is 33.5 Å². The standard InChI is InChI=1S/C33H38N10O2/c34-15-16-43-20-36-28-18-26(11-14-30(28)43)23-5-1-21(2-6-23)17-29(38-32(44)25-7-3-22(19-35)4-8-25)33(45)37-27-12-9-24(10-13-27)31-39-41-42-40-31/h1-2,5-6,9-14,18,20,22,25,29H,3-4,7-8,15-17,19,34-35H2,(H,37,45)(H,38,44)(H,39,40,41,42)/t22?,25?,29-/m0/s1. The van der Waals surface area contributed by atoms with Crippen molar-refractivity contribution in [3.8, 4) is 22.5 Å². The molecule has 0 spiro atoms. The zero-order chi connectivity index (χ0) is 31.2. The van der Waals surface area contributed by atoms with Crippen molar-refractivity contribution in [3.63, 3.8) is 0 Å². The van der Waals surface area contributed by atoms with Crippen molar-refractivity contribution in [2.24, 2.45) is 23.3 Å². The first-order valence-corrected chi connectivity index (χ1v) is 15.4. The third-order valence-corrected chi connectivity index (χ3v) is 8.66. The molecule has 1 atom stereocenters. The monoisotopic (exact) mass is 606 g/mol. The van der Waals surface area contributed by atoms with E-state index in [1.165, 1.54) is 0 Å². The summed E-state index contributed by atoms with van der Waals surface area (Å²) in [4.78, 5) is 31.5. The molecular weight excluding hydrogens is 568 g/mol. The number of carbonyl (C=O) groups is 2. The van der Waals surface area contributed by atoms with Gasteiger partial charge in [-0.3, -0.25) is 9.59 Å². The Bertz CT molecular complexity index is 1720. The largest absolute Gasteiger partial charge is 0.344 e. The van der Waals surface area contributed by atoms with Gasteiger partial charge in [0.2, 0.25) is 17.6 Å².